The first-order valence-corrected chi connectivity index (χ1v) is 7.80. The van der Waals surface area contributed by atoms with Crippen LogP contribution in [0.3, 0.4) is 0 Å². The van der Waals surface area contributed by atoms with Gasteiger partial charge in [0.05, 0.1) is 12.0 Å². The maximum absolute atomic E-state index is 12.4. The SMILES string of the molecule is CNC[C@H]1CCN(S(=O)(=O)c2ccc(OC)cc2)C1. The van der Waals surface area contributed by atoms with E-state index in [-0.39, 0.29) is 0 Å². The lowest BCUT2D eigenvalue weighted by atomic mass is 10.1. The maximum Gasteiger partial charge on any atom is 0.243 e. The van der Waals surface area contributed by atoms with Crippen LogP contribution in [0, 0.1) is 5.92 Å². The van der Waals surface area contributed by atoms with E-state index in [0.29, 0.717) is 29.7 Å². The molecular weight excluding hydrogens is 264 g/mol. The van der Waals surface area contributed by atoms with E-state index in [1.165, 1.54) is 0 Å². The van der Waals surface area contributed by atoms with Crippen LogP contribution in [0.5, 0.6) is 5.75 Å². The van der Waals surface area contributed by atoms with Crippen molar-refractivity contribution in [1.29, 1.82) is 0 Å². The summed E-state index contributed by atoms with van der Waals surface area (Å²) in [5.74, 6) is 1.06. The normalized spacial score (nSPS) is 20.6. The molecule has 6 heteroatoms. The van der Waals surface area contributed by atoms with Gasteiger partial charge in [-0.1, -0.05) is 0 Å². The van der Waals surface area contributed by atoms with Crippen molar-refractivity contribution in [2.45, 2.75) is 11.3 Å². The molecule has 106 valence electrons. The quantitative estimate of drug-likeness (QED) is 0.874. The van der Waals surface area contributed by atoms with Gasteiger partial charge in [0.15, 0.2) is 0 Å². The number of hydrogen-bond donors (Lipinski definition) is 1. The molecule has 0 radical (unpaired) electrons. The van der Waals surface area contributed by atoms with Crippen LogP contribution in [-0.2, 0) is 10.0 Å². The van der Waals surface area contributed by atoms with E-state index in [1.54, 1.807) is 35.7 Å². The van der Waals surface area contributed by atoms with Gasteiger partial charge in [0.1, 0.15) is 5.75 Å². The first-order chi connectivity index (χ1) is 9.07. The van der Waals surface area contributed by atoms with Crippen molar-refractivity contribution in [1.82, 2.24) is 9.62 Å². The number of rotatable bonds is 5. The molecule has 1 heterocycles. The van der Waals surface area contributed by atoms with Crippen molar-refractivity contribution >= 4 is 10.0 Å². The molecule has 5 nitrogen and oxygen atoms in total. The zero-order valence-electron chi connectivity index (χ0n) is 11.3. The molecule has 0 aliphatic carbocycles. The molecule has 1 aromatic rings. The summed E-state index contributed by atoms with van der Waals surface area (Å²) < 4.78 is 31.5. The summed E-state index contributed by atoms with van der Waals surface area (Å²) >= 11 is 0. The number of nitrogens with one attached hydrogen (secondary N) is 1. The summed E-state index contributed by atoms with van der Waals surface area (Å²) in [6.07, 6.45) is 0.913. The van der Waals surface area contributed by atoms with Crippen LogP contribution in [0.15, 0.2) is 29.2 Å². The minimum Gasteiger partial charge on any atom is -0.497 e. The Kier molecular flexibility index (Phi) is 4.44. The number of ether oxygens (including phenoxy) is 1. The fourth-order valence-electron chi connectivity index (χ4n) is 2.37. The highest BCUT2D eigenvalue weighted by atomic mass is 32.2. The van der Waals surface area contributed by atoms with E-state index in [9.17, 15) is 8.42 Å². The van der Waals surface area contributed by atoms with Crippen molar-refractivity contribution in [3.05, 3.63) is 24.3 Å². The van der Waals surface area contributed by atoms with Crippen LogP contribution in [0.25, 0.3) is 0 Å². The first kappa shape index (κ1) is 14.3. The number of benzene rings is 1. The molecule has 0 saturated carbocycles. The molecule has 0 aromatic heterocycles. The number of nitrogens with zero attached hydrogens (tertiary/aromatic N) is 1. The van der Waals surface area contributed by atoms with Crippen LogP contribution < -0.4 is 10.1 Å². The highest BCUT2D eigenvalue weighted by Crippen LogP contribution is 2.25. The Bertz CT molecular complexity index is 513. The first-order valence-electron chi connectivity index (χ1n) is 6.36. The van der Waals surface area contributed by atoms with Crippen LogP contribution in [0.2, 0.25) is 0 Å². The van der Waals surface area contributed by atoms with Crippen LogP contribution in [-0.4, -0.2) is 46.5 Å². The predicted molar refractivity (Wildman–Crippen MR) is 73.8 cm³/mol. The molecule has 0 unspecified atom stereocenters. The topological polar surface area (TPSA) is 58.6 Å². The largest absolute Gasteiger partial charge is 0.497 e. The summed E-state index contributed by atoms with van der Waals surface area (Å²) in [6.45, 7) is 2.05. The van der Waals surface area contributed by atoms with Gasteiger partial charge in [0.25, 0.3) is 0 Å². The molecule has 1 fully saturated rings. The second kappa shape index (κ2) is 5.90. The number of methoxy groups -OCH3 is 1. The van der Waals surface area contributed by atoms with Gasteiger partial charge in [-0.3, -0.25) is 0 Å². The van der Waals surface area contributed by atoms with Gasteiger partial charge in [0.2, 0.25) is 10.0 Å². The lowest BCUT2D eigenvalue weighted by molar-refractivity contribution is 0.414. The van der Waals surface area contributed by atoms with E-state index in [1.807, 2.05) is 7.05 Å². The smallest absolute Gasteiger partial charge is 0.243 e. The zero-order valence-corrected chi connectivity index (χ0v) is 12.1. The van der Waals surface area contributed by atoms with Gasteiger partial charge >= 0.3 is 0 Å². The molecular formula is C13H20N2O3S. The van der Waals surface area contributed by atoms with Gasteiger partial charge in [-0.05, 0) is 50.2 Å². The van der Waals surface area contributed by atoms with Gasteiger partial charge in [-0.2, -0.15) is 4.31 Å². The van der Waals surface area contributed by atoms with Crippen LogP contribution >= 0.6 is 0 Å². The fourth-order valence-corrected chi connectivity index (χ4v) is 3.90. The van der Waals surface area contributed by atoms with Gasteiger partial charge < -0.3 is 10.1 Å². The van der Waals surface area contributed by atoms with Crippen molar-refractivity contribution in [2.75, 3.05) is 33.8 Å². The average Bonchev–Trinajstić information content (AvgIpc) is 2.89. The molecule has 1 atom stereocenters. The standard InChI is InChI=1S/C13H20N2O3S/c1-14-9-11-7-8-15(10-11)19(16,17)13-5-3-12(18-2)4-6-13/h3-6,11,14H,7-10H2,1-2H3/t11-/m1/s1. The molecule has 1 aromatic carbocycles. The summed E-state index contributed by atoms with van der Waals surface area (Å²) in [6, 6.07) is 6.54. The maximum atomic E-state index is 12.4. The fraction of sp³-hybridized carbons (Fsp3) is 0.538. The molecule has 1 aliphatic heterocycles. The van der Waals surface area contributed by atoms with Crippen LogP contribution in [0.4, 0.5) is 0 Å². The van der Waals surface area contributed by atoms with Crippen LogP contribution in [0.1, 0.15) is 6.42 Å². The van der Waals surface area contributed by atoms with Crippen molar-refractivity contribution in [3.63, 3.8) is 0 Å². The molecule has 0 amide bonds. The second-order valence-corrected chi connectivity index (χ2v) is 6.69. The predicted octanol–water partition coefficient (Wildman–Crippen LogP) is 0.925. The van der Waals surface area contributed by atoms with E-state index >= 15 is 0 Å². The van der Waals surface area contributed by atoms with Crippen molar-refractivity contribution < 1.29 is 13.2 Å². The Balaban J connectivity index is 2.13. The Morgan fingerprint density at radius 3 is 2.63 bits per heavy atom. The number of hydrogen-bond acceptors (Lipinski definition) is 4. The molecule has 1 saturated heterocycles. The third-order valence-corrected chi connectivity index (χ3v) is 5.32. The molecule has 0 spiro atoms. The second-order valence-electron chi connectivity index (χ2n) is 4.75. The average molecular weight is 284 g/mol. The van der Waals surface area contributed by atoms with E-state index in [0.717, 1.165) is 13.0 Å². The molecule has 0 bridgehead atoms. The Morgan fingerprint density at radius 2 is 2.05 bits per heavy atom. The number of sulfonamides is 1. The highest BCUT2D eigenvalue weighted by Gasteiger charge is 2.32. The molecule has 1 N–H and O–H groups in total. The third-order valence-electron chi connectivity index (χ3n) is 3.44. The van der Waals surface area contributed by atoms with E-state index in [2.05, 4.69) is 5.32 Å². The van der Waals surface area contributed by atoms with E-state index in [4.69, 9.17) is 4.74 Å². The Labute approximate surface area is 114 Å². The molecule has 1 aliphatic rings. The van der Waals surface area contributed by atoms with E-state index < -0.39 is 10.0 Å². The summed E-state index contributed by atoms with van der Waals surface area (Å²) in [5.41, 5.74) is 0. The van der Waals surface area contributed by atoms with Crippen molar-refractivity contribution in [3.8, 4) is 5.75 Å². The van der Waals surface area contributed by atoms with Gasteiger partial charge in [-0.25, -0.2) is 8.42 Å². The summed E-state index contributed by atoms with van der Waals surface area (Å²) in [7, 11) is 0.0864. The van der Waals surface area contributed by atoms with Gasteiger partial charge in [-0.15, -0.1) is 0 Å². The summed E-state index contributed by atoms with van der Waals surface area (Å²) in [4.78, 5) is 0.332. The minimum absolute atomic E-state index is 0.332. The lowest BCUT2D eigenvalue weighted by Gasteiger charge is -2.16. The summed E-state index contributed by atoms with van der Waals surface area (Å²) in [5, 5.41) is 3.10. The Morgan fingerprint density at radius 1 is 1.37 bits per heavy atom. The lowest BCUT2D eigenvalue weighted by Crippen LogP contribution is -2.30. The highest BCUT2D eigenvalue weighted by molar-refractivity contribution is 7.89. The molecule has 2 rings (SSSR count). The third kappa shape index (κ3) is 3.08. The van der Waals surface area contributed by atoms with Crippen molar-refractivity contribution in [2.24, 2.45) is 5.92 Å². The monoisotopic (exact) mass is 284 g/mol. The van der Waals surface area contributed by atoms with Gasteiger partial charge in [0, 0.05) is 13.1 Å². The Hall–Kier alpha value is -1.11. The minimum atomic E-state index is -3.36. The molecule has 19 heavy (non-hydrogen) atoms. The zero-order chi connectivity index (χ0) is 13.9.